The van der Waals surface area contributed by atoms with E-state index < -0.39 is 0 Å². The summed E-state index contributed by atoms with van der Waals surface area (Å²) in [4.78, 5) is 13.2. The number of carbonyl (C=O) groups excluding carboxylic acids is 1. The molecule has 2 N–H and O–H groups in total. The van der Waals surface area contributed by atoms with E-state index in [-0.39, 0.29) is 42.1 Å². The first-order chi connectivity index (χ1) is 14.1. The summed E-state index contributed by atoms with van der Waals surface area (Å²) in [7, 11) is 1.91. The lowest BCUT2D eigenvalue weighted by molar-refractivity contribution is -0.125. The van der Waals surface area contributed by atoms with E-state index in [9.17, 15) is 4.79 Å². The molecule has 0 radical (unpaired) electrons. The van der Waals surface area contributed by atoms with E-state index in [1.165, 1.54) is 11.1 Å². The number of carbonyl (C=O) groups is 1. The summed E-state index contributed by atoms with van der Waals surface area (Å²) in [6.07, 6.45) is 3.89. The fourth-order valence-electron chi connectivity index (χ4n) is 4.44. The molecule has 6 heteroatoms. The molecule has 1 aliphatic heterocycles. The lowest BCUT2D eigenvalue weighted by Crippen LogP contribution is -2.42. The van der Waals surface area contributed by atoms with Crippen molar-refractivity contribution in [1.82, 2.24) is 20.4 Å². The Morgan fingerprint density at radius 1 is 1.07 bits per heavy atom. The highest BCUT2D eigenvalue weighted by Gasteiger charge is 2.36. The summed E-state index contributed by atoms with van der Waals surface area (Å²) in [6.45, 7) is 3.60. The van der Waals surface area contributed by atoms with Gasteiger partial charge in [-0.15, -0.1) is 12.4 Å². The number of nitrogens with one attached hydrogen (secondary N) is 2. The Hall–Kier alpha value is -2.63. The van der Waals surface area contributed by atoms with Gasteiger partial charge in [0.25, 0.3) is 0 Å². The molecule has 3 atom stereocenters. The maximum absolute atomic E-state index is 13.2. The van der Waals surface area contributed by atoms with Crippen LogP contribution in [0.3, 0.4) is 0 Å². The van der Waals surface area contributed by atoms with Crippen LogP contribution in [-0.4, -0.2) is 34.8 Å². The van der Waals surface area contributed by atoms with Crippen LogP contribution >= 0.6 is 12.4 Å². The Bertz CT molecular complexity index is 905. The summed E-state index contributed by atoms with van der Waals surface area (Å²) < 4.78 is 1.80. The van der Waals surface area contributed by atoms with Gasteiger partial charge >= 0.3 is 0 Å². The van der Waals surface area contributed by atoms with Gasteiger partial charge in [-0.25, -0.2) is 0 Å². The fraction of sp³-hybridized carbons (Fsp3) is 0.333. The van der Waals surface area contributed by atoms with E-state index in [2.05, 4.69) is 71.2 Å². The maximum atomic E-state index is 13.2. The second-order valence-corrected chi connectivity index (χ2v) is 7.91. The number of hydrogen-bond donors (Lipinski definition) is 2. The van der Waals surface area contributed by atoms with E-state index >= 15 is 0 Å². The second kappa shape index (κ2) is 9.92. The van der Waals surface area contributed by atoms with Crippen molar-refractivity contribution >= 4 is 18.3 Å². The highest BCUT2D eigenvalue weighted by atomic mass is 35.5. The lowest BCUT2D eigenvalue weighted by atomic mass is 9.84. The van der Waals surface area contributed by atoms with Crippen molar-refractivity contribution in [2.75, 3.05) is 13.1 Å². The largest absolute Gasteiger partial charge is 0.352 e. The van der Waals surface area contributed by atoms with Gasteiger partial charge in [-0.05, 0) is 23.6 Å². The van der Waals surface area contributed by atoms with E-state index in [0.717, 1.165) is 12.1 Å². The van der Waals surface area contributed by atoms with Crippen molar-refractivity contribution in [1.29, 1.82) is 0 Å². The van der Waals surface area contributed by atoms with Gasteiger partial charge in [-0.1, -0.05) is 60.7 Å². The van der Waals surface area contributed by atoms with E-state index in [1.54, 1.807) is 4.68 Å². The molecule has 3 aromatic rings. The summed E-state index contributed by atoms with van der Waals surface area (Å²) >= 11 is 0. The minimum atomic E-state index is -0.0890. The zero-order valence-corrected chi connectivity index (χ0v) is 18.2. The second-order valence-electron chi connectivity index (χ2n) is 7.91. The number of benzene rings is 2. The molecular weight excluding hydrogens is 396 g/mol. The van der Waals surface area contributed by atoms with Gasteiger partial charge in [-0.3, -0.25) is 9.48 Å². The van der Waals surface area contributed by atoms with Crippen molar-refractivity contribution in [3.8, 4) is 0 Å². The Kier molecular flexibility index (Phi) is 7.29. The maximum Gasteiger partial charge on any atom is 0.225 e. The molecule has 1 fully saturated rings. The van der Waals surface area contributed by atoms with Gasteiger partial charge in [-0.2, -0.15) is 5.10 Å². The molecule has 4 rings (SSSR count). The predicted molar refractivity (Wildman–Crippen MR) is 122 cm³/mol. The Morgan fingerprint density at radius 3 is 2.20 bits per heavy atom. The highest BCUT2D eigenvalue weighted by molar-refractivity contribution is 5.85. The predicted octanol–water partition coefficient (Wildman–Crippen LogP) is 3.48. The van der Waals surface area contributed by atoms with Crippen LogP contribution in [0.2, 0.25) is 0 Å². The van der Waals surface area contributed by atoms with Crippen LogP contribution in [0.5, 0.6) is 0 Å². The summed E-state index contributed by atoms with van der Waals surface area (Å²) in [6, 6.07) is 20.8. The molecule has 1 aromatic heterocycles. The summed E-state index contributed by atoms with van der Waals surface area (Å²) in [5.41, 5.74) is 3.53. The number of halogens is 1. The molecule has 2 heterocycles. The van der Waals surface area contributed by atoms with E-state index in [1.807, 2.05) is 31.6 Å². The molecule has 1 unspecified atom stereocenters. The van der Waals surface area contributed by atoms with E-state index in [0.29, 0.717) is 6.54 Å². The molecule has 1 saturated heterocycles. The molecule has 1 aliphatic rings. The van der Waals surface area contributed by atoms with Crippen LogP contribution < -0.4 is 10.6 Å². The standard InChI is InChI=1S/C24H28N4O.ClH/c1-17(23(18-9-5-3-6-10-18)19-11-7-4-8-12-19)27-24(29)22-15-25-14-21(22)20-13-26-28(2)16-20;/h3-13,16-17,21-23,25H,14-15H2,1-2H3,(H,27,29);1H/t17?,21-,22+;/m1./s1. The van der Waals surface area contributed by atoms with E-state index in [4.69, 9.17) is 0 Å². The van der Waals surface area contributed by atoms with Crippen molar-refractivity contribution in [2.24, 2.45) is 13.0 Å². The van der Waals surface area contributed by atoms with Crippen LogP contribution in [0, 0.1) is 5.92 Å². The Labute approximate surface area is 184 Å². The summed E-state index contributed by atoms with van der Waals surface area (Å²) in [5, 5.41) is 11.0. The zero-order valence-electron chi connectivity index (χ0n) is 17.4. The highest BCUT2D eigenvalue weighted by Crippen LogP contribution is 2.31. The number of rotatable bonds is 6. The molecule has 30 heavy (non-hydrogen) atoms. The third kappa shape index (κ3) is 4.74. The quantitative estimate of drug-likeness (QED) is 0.636. The number of aryl methyl sites for hydroxylation is 1. The van der Waals surface area contributed by atoms with Crippen LogP contribution in [0.4, 0.5) is 0 Å². The van der Waals surface area contributed by atoms with Crippen molar-refractivity contribution in [3.05, 3.63) is 89.7 Å². The minimum Gasteiger partial charge on any atom is -0.352 e. The van der Waals surface area contributed by atoms with Crippen LogP contribution in [0.1, 0.15) is 35.4 Å². The topological polar surface area (TPSA) is 59.0 Å². The molecule has 0 aliphatic carbocycles. The molecule has 5 nitrogen and oxygen atoms in total. The van der Waals surface area contributed by atoms with Gasteiger partial charge in [0.2, 0.25) is 5.91 Å². The number of hydrogen-bond acceptors (Lipinski definition) is 3. The first-order valence-corrected chi connectivity index (χ1v) is 10.2. The zero-order chi connectivity index (χ0) is 20.2. The molecule has 0 saturated carbocycles. The first-order valence-electron chi connectivity index (χ1n) is 10.2. The SMILES string of the molecule is CC(NC(=O)[C@H]1CNC[C@@H]1c1cnn(C)c1)C(c1ccccc1)c1ccccc1.Cl. The molecule has 158 valence electrons. The molecule has 1 amide bonds. The van der Waals surface area contributed by atoms with Crippen molar-refractivity contribution in [3.63, 3.8) is 0 Å². The average Bonchev–Trinajstić information content (AvgIpc) is 3.38. The average molecular weight is 425 g/mol. The smallest absolute Gasteiger partial charge is 0.225 e. The van der Waals surface area contributed by atoms with Gasteiger partial charge in [0.1, 0.15) is 0 Å². The van der Waals surface area contributed by atoms with Crippen molar-refractivity contribution < 1.29 is 4.79 Å². The third-order valence-corrected chi connectivity index (χ3v) is 5.89. The van der Waals surface area contributed by atoms with Crippen LogP contribution in [-0.2, 0) is 11.8 Å². The van der Waals surface area contributed by atoms with Gasteiger partial charge in [0.15, 0.2) is 0 Å². The molecule has 2 aromatic carbocycles. The Balaban J connectivity index is 0.00000256. The molecular formula is C24H29ClN4O. The monoisotopic (exact) mass is 424 g/mol. The van der Waals surface area contributed by atoms with Gasteiger partial charge < -0.3 is 10.6 Å². The van der Waals surface area contributed by atoms with Gasteiger partial charge in [0, 0.05) is 44.2 Å². The first kappa shape index (κ1) is 22.1. The number of amides is 1. The normalized spacial score (nSPS) is 19.3. The molecule has 0 spiro atoms. The lowest BCUT2D eigenvalue weighted by Gasteiger charge is -2.28. The van der Waals surface area contributed by atoms with Gasteiger partial charge in [0.05, 0.1) is 12.1 Å². The third-order valence-electron chi connectivity index (χ3n) is 5.89. The fourth-order valence-corrected chi connectivity index (χ4v) is 4.44. The number of aromatic nitrogens is 2. The van der Waals surface area contributed by atoms with Crippen molar-refractivity contribution in [2.45, 2.75) is 24.8 Å². The summed E-state index contributed by atoms with van der Waals surface area (Å²) in [5.74, 6) is 0.275. The van der Waals surface area contributed by atoms with Crippen LogP contribution in [0.15, 0.2) is 73.1 Å². The van der Waals surface area contributed by atoms with Crippen LogP contribution in [0.25, 0.3) is 0 Å². The number of nitrogens with zero attached hydrogens (tertiary/aromatic N) is 2. The molecule has 0 bridgehead atoms. The minimum absolute atomic E-state index is 0. The Morgan fingerprint density at radius 2 is 1.67 bits per heavy atom.